The van der Waals surface area contributed by atoms with E-state index in [1.807, 2.05) is 4.90 Å². The number of nitro groups is 1. The van der Waals surface area contributed by atoms with Gasteiger partial charge in [-0.2, -0.15) is 4.99 Å². The van der Waals surface area contributed by atoms with Gasteiger partial charge in [0.25, 0.3) is 11.6 Å². The zero-order valence-electron chi connectivity index (χ0n) is 19.3. The standard InChI is InChI=1S/C23H24N4O7S/c1-3-34-21(28)14-26-18-7-5-16(32-2)13-20(18)35-23(26)24-22(29)15-4-6-17(19(12-15)27(30)31)25-8-10-33-11-9-25/h4-7,12-13H,3,8-11,14H2,1-2H3. The van der Waals surface area contributed by atoms with Gasteiger partial charge in [-0.25, -0.2) is 0 Å². The number of benzene rings is 2. The Morgan fingerprint density at radius 2 is 1.97 bits per heavy atom. The van der Waals surface area contributed by atoms with Crippen LogP contribution in [0.4, 0.5) is 11.4 Å². The third-order valence-corrected chi connectivity index (χ3v) is 6.49. The molecule has 2 aromatic carbocycles. The van der Waals surface area contributed by atoms with Crippen molar-refractivity contribution in [3.8, 4) is 5.75 Å². The van der Waals surface area contributed by atoms with E-state index in [9.17, 15) is 19.7 Å². The molecule has 1 saturated heterocycles. The van der Waals surface area contributed by atoms with Crippen LogP contribution in [0, 0.1) is 10.1 Å². The molecule has 12 heteroatoms. The van der Waals surface area contributed by atoms with E-state index in [0.29, 0.717) is 43.3 Å². The van der Waals surface area contributed by atoms with E-state index >= 15 is 0 Å². The van der Waals surface area contributed by atoms with Gasteiger partial charge >= 0.3 is 5.97 Å². The highest BCUT2D eigenvalue weighted by Crippen LogP contribution is 2.30. The lowest BCUT2D eigenvalue weighted by Gasteiger charge is -2.28. The molecule has 0 atom stereocenters. The fourth-order valence-corrected chi connectivity index (χ4v) is 4.84. The number of morpholine rings is 1. The van der Waals surface area contributed by atoms with Crippen LogP contribution in [0.1, 0.15) is 17.3 Å². The summed E-state index contributed by atoms with van der Waals surface area (Å²) in [6.45, 7) is 3.80. The topological polar surface area (TPSA) is 126 Å². The van der Waals surface area contributed by atoms with Gasteiger partial charge in [0.1, 0.15) is 18.0 Å². The number of methoxy groups -OCH3 is 1. The van der Waals surface area contributed by atoms with Crippen molar-refractivity contribution in [3.05, 3.63) is 56.9 Å². The maximum atomic E-state index is 13.1. The van der Waals surface area contributed by atoms with Crippen molar-refractivity contribution in [1.82, 2.24) is 4.57 Å². The number of rotatable bonds is 7. The SMILES string of the molecule is CCOC(=O)Cn1c(=NC(=O)c2ccc(N3CCOCC3)c([N+](=O)[O-])c2)sc2cc(OC)ccc21. The van der Waals surface area contributed by atoms with Crippen molar-refractivity contribution >= 4 is 44.8 Å². The zero-order chi connectivity index (χ0) is 24.9. The van der Waals surface area contributed by atoms with E-state index < -0.39 is 16.8 Å². The Morgan fingerprint density at radius 3 is 2.66 bits per heavy atom. The summed E-state index contributed by atoms with van der Waals surface area (Å²) in [5, 5.41) is 11.8. The van der Waals surface area contributed by atoms with Crippen LogP contribution in [0.2, 0.25) is 0 Å². The Hall–Kier alpha value is -3.77. The lowest BCUT2D eigenvalue weighted by Crippen LogP contribution is -2.36. The highest BCUT2D eigenvalue weighted by Gasteiger charge is 2.23. The van der Waals surface area contributed by atoms with Crippen LogP contribution in [-0.2, 0) is 20.8 Å². The number of hydrogen-bond donors (Lipinski definition) is 0. The van der Waals surface area contributed by atoms with Crippen molar-refractivity contribution < 1.29 is 28.7 Å². The van der Waals surface area contributed by atoms with Crippen molar-refractivity contribution in [1.29, 1.82) is 0 Å². The molecule has 1 aromatic heterocycles. The number of fused-ring (bicyclic) bond motifs is 1. The number of hydrogen-bond acceptors (Lipinski definition) is 9. The summed E-state index contributed by atoms with van der Waals surface area (Å²) in [5.74, 6) is -0.505. The third kappa shape index (κ3) is 5.33. The van der Waals surface area contributed by atoms with E-state index in [4.69, 9.17) is 14.2 Å². The van der Waals surface area contributed by atoms with E-state index in [0.717, 1.165) is 4.70 Å². The first-order valence-electron chi connectivity index (χ1n) is 10.9. The highest BCUT2D eigenvalue weighted by molar-refractivity contribution is 7.16. The average Bonchev–Trinajstić information content (AvgIpc) is 3.19. The Morgan fingerprint density at radius 1 is 1.20 bits per heavy atom. The van der Waals surface area contributed by atoms with Crippen LogP contribution < -0.4 is 14.4 Å². The monoisotopic (exact) mass is 500 g/mol. The maximum absolute atomic E-state index is 13.1. The molecule has 11 nitrogen and oxygen atoms in total. The van der Waals surface area contributed by atoms with E-state index in [1.165, 1.54) is 23.5 Å². The Bertz CT molecular complexity index is 1340. The normalized spacial score (nSPS) is 14.2. The molecule has 2 heterocycles. The lowest BCUT2D eigenvalue weighted by atomic mass is 10.1. The predicted molar refractivity (Wildman–Crippen MR) is 129 cm³/mol. The van der Waals surface area contributed by atoms with E-state index in [2.05, 4.69) is 4.99 Å². The summed E-state index contributed by atoms with van der Waals surface area (Å²) >= 11 is 1.20. The molecule has 1 aliphatic rings. The minimum absolute atomic E-state index is 0.0754. The second-order valence-electron chi connectivity index (χ2n) is 7.59. The summed E-state index contributed by atoms with van der Waals surface area (Å²) in [7, 11) is 1.55. The molecule has 1 aliphatic heterocycles. The highest BCUT2D eigenvalue weighted by atomic mass is 32.1. The predicted octanol–water partition coefficient (Wildman–Crippen LogP) is 2.76. The van der Waals surface area contributed by atoms with Gasteiger partial charge < -0.3 is 23.7 Å². The summed E-state index contributed by atoms with van der Waals surface area (Å²) < 4.78 is 18.0. The number of anilines is 1. The molecule has 35 heavy (non-hydrogen) atoms. The van der Waals surface area contributed by atoms with Gasteiger partial charge in [0, 0.05) is 24.7 Å². The number of thiazole rings is 1. The first-order valence-corrected chi connectivity index (χ1v) is 11.8. The quantitative estimate of drug-likeness (QED) is 0.275. The molecule has 4 rings (SSSR count). The number of esters is 1. The zero-order valence-corrected chi connectivity index (χ0v) is 20.1. The number of ether oxygens (including phenoxy) is 3. The first-order chi connectivity index (χ1) is 16.9. The molecule has 1 fully saturated rings. The van der Waals surface area contributed by atoms with Crippen molar-refractivity contribution in [2.75, 3.05) is 44.9 Å². The number of carbonyl (C=O) groups is 2. The Kier molecular flexibility index (Phi) is 7.42. The van der Waals surface area contributed by atoms with Gasteiger partial charge in [0.2, 0.25) is 0 Å². The summed E-state index contributed by atoms with van der Waals surface area (Å²) in [5.41, 5.74) is 1.02. The second-order valence-corrected chi connectivity index (χ2v) is 8.60. The van der Waals surface area contributed by atoms with Crippen molar-refractivity contribution in [2.45, 2.75) is 13.5 Å². The van der Waals surface area contributed by atoms with Gasteiger partial charge in [0.15, 0.2) is 4.80 Å². The number of nitrogens with zero attached hydrogens (tertiary/aromatic N) is 4. The van der Waals surface area contributed by atoms with Crippen LogP contribution in [0.25, 0.3) is 10.2 Å². The average molecular weight is 501 g/mol. The van der Waals surface area contributed by atoms with Crippen molar-refractivity contribution in [2.24, 2.45) is 4.99 Å². The van der Waals surface area contributed by atoms with Crippen LogP contribution in [-0.4, -0.2) is 61.4 Å². The minimum atomic E-state index is -0.655. The van der Waals surface area contributed by atoms with Gasteiger partial charge in [0.05, 0.1) is 42.1 Å². The van der Waals surface area contributed by atoms with Gasteiger partial charge in [-0.15, -0.1) is 0 Å². The molecule has 0 saturated carbocycles. The number of amides is 1. The molecule has 184 valence electrons. The number of aromatic nitrogens is 1. The maximum Gasteiger partial charge on any atom is 0.326 e. The summed E-state index contributed by atoms with van der Waals surface area (Å²) in [6.07, 6.45) is 0. The molecule has 0 spiro atoms. The number of carbonyl (C=O) groups excluding carboxylic acids is 2. The molecule has 0 aliphatic carbocycles. The summed E-state index contributed by atoms with van der Waals surface area (Å²) in [6, 6.07) is 9.63. The molecular formula is C23H24N4O7S. The van der Waals surface area contributed by atoms with E-state index in [-0.39, 0.29) is 29.2 Å². The molecule has 0 N–H and O–H groups in total. The first kappa shape index (κ1) is 24.4. The summed E-state index contributed by atoms with van der Waals surface area (Å²) in [4.78, 5) is 42.9. The molecule has 0 bridgehead atoms. The Balaban J connectivity index is 1.75. The largest absolute Gasteiger partial charge is 0.497 e. The number of nitro benzene ring substituents is 1. The minimum Gasteiger partial charge on any atom is -0.497 e. The van der Waals surface area contributed by atoms with Crippen LogP contribution >= 0.6 is 11.3 Å². The second kappa shape index (κ2) is 10.7. The lowest BCUT2D eigenvalue weighted by molar-refractivity contribution is -0.384. The molecule has 3 aromatic rings. The molecule has 0 radical (unpaired) electrons. The van der Waals surface area contributed by atoms with Crippen LogP contribution in [0.15, 0.2) is 41.4 Å². The van der Waals surface area contributed by atoms with Crippen LogP contribution in [0.5, 0.6) is 5.75 Å². The fourth-order valence-electron chi connectivity index (χ4n) is 3.78. The van der Waals surface area contributed by atoms with E-state index in [1.54, 1.807) is 42.9 Å². The smallest absolute Gasteiger partial charge is 0.326 e. The molecular weight excluding hydrogens is 476 g/mol. The third-order valence-electron chi connectivity index (χ3n) is 5.45. The molecule has 0 unspecified atom stereocenters. The molecule has 1 amide bonds. The van der Waals surface area contributed by atoms with Crippen molar-refractivity contribution in [3.63, 3.8) is 0 Å². The van der Waals surface area contributed by atoms with Gasteiger partial charge in [-0.1, -0.05) is 11.3 Å². The van der Waals surface area contributed by atoms with Gasteiger partial charge in [-0.3, -0.25) is 19.7 Å². The Labute approximate surface area is 204 Å². The van der Waals surface area contributed by atoms with Gasteiger partial charge in [-0.05, 0) is 37.3 Å². The fraction of sp³-hybridized carbons (Fsp3) is 0.348. The van der Waals surface area contributed by atoms with Crippen LogP contribution in [0.3, 0.4) is 0 Å².